The highest BCUT2D eigenvalue weighted by molar-refractivity contribution is 5.68. The van der Waals surface area contributed by atoms with Crippen molar-refractivity contribution < 1.29 is 9.53 Å². The number of nitrogens with two attached hydrogens (primary N) is 1. The topological polar surface area (TPSA) is 55.6 Å². The van der Waals surface area contributed by atoms with Gasteiger partial charge in [0, 0.05) is 19.1 Å². The number of rotatable bonds is 0. The van der Waals surface area contributed by atoms with Gasteiger partial charge < -0.3 is 15.4 Å². The maximum Gasteiger partial charge on any atom is 0.410 e. The van der Waals surface area contributed by atoms with Crippen molar-refractivity contribution in [2.24, 2.45) is 5.73 Å². The van der Waals surface area contributed by atoms with Crippen LogP contribution in [0.25, 0.3) is 0 Å². The second-order valence-corrected chi connectivity index (χ2v) is 5.98. The summed E-state index contributed by atoms with van der Waals surface area (Å²) in [7, 11) is 0. The number of nitrogens with zero attached hydrogens (tertiary/aromatic N) is 1. The van der Waals surface area contributed by atoms with E-state index in [1.165, 1.54) is 5.56 Å². The van der Waals surface area contributed by atoms with Crippen LogP contribution in [-0.2, 0) is 11.2 Å². The molecule has 104 valence electrons. The highest BCUT2D eigenvalue weighted by Crippen LogP contribution is 2.23. The molecule has 2 rings (SSSR count). The number of ether oxygens (including phenoxy) is 1. The summed E-state index contributed by atoms with van der Waals surface area (Å²) in [5, 5.41) is 0. The van der Waals surface area contributed by atoms with Gasteiger partial charge in [-0.3, -0.25) is 0 Å². The Morgan fingerprint density at radius 3 is 2.74 bits per heavy atom. The summed E-state index contributed by atoms with van der Waals surface area (Å²) < 4.78 is 5.41. The van der Waals surface area contributed by atoms with Crippen molar-refractivity contribution >= 4 is 6.09 Å². The third-order valence-corrected chi connectivity index (χ3v) is 3.17. The van der Waals surface area contributed by atoms with Gasteiger partial charge in [0.25, 0.3) is 0 Å². The molecule has 0 fully saturated rings. The predicted octanol–water partition coefficient (Wildman–Crippen LogP) is 2.48. The zero-order chi connectivity index (χ0) is 14.0. The van der Waals surface area contributed by atoms with Crippen molar-refractivity contribution in [3.8, 4) is 0 Å². The molecule has 1 aromatic carbocycles. The molecule has 0 spiro atoms. The second-order valence-electron chi connectivity index (χ2n) is 5.98. The van der Waals surface area contributed by atoms with E-state index < -0.39 is 5.60 Å². The van der Waals surface area contributed by atoms with Gasteiger partial charge in [0.05, 0.1) is 0 Å². The van der Waals surface area contributed by atoms with E-state index in [2.05, 4.69) is 6.07 Å². The summed E-state index contributed by atoms with van der Waals surface area (Å²) in [6, 6.07) is 7.97. The van der Waals surface area contributed by atoms with Crippen LogP contribution in [0, 0.1) is 0 Å². The molecule has 1 aliphatic heterocycles. The summed E-state index contributed by atoms with van der Waals surface area (Å²) in [5.41, 5.74) is 8.07. The second kappa shape index (κ2) is 5.21. The summed E-state index contributed by atoms with van der Waals surface area (Å²) in [6.07, 6.45) is 0.541. The molecular formula is C15H22N2O2. The number of carbonyl (C=O) groups excluding carboxylic acids is 1. The molecule has 1 amide bonds. The monoisotopic (exact) mass is 262 g/mol. The van der Waals surface area contributed by atoms with Crippen LogP contribution in [0.2, 0.25) is 0 Å². The maximum atomic E-state index is 12.1. The Morgan fingerprint density at radius 2 is 2.05 bits per heavy atom. The number of hydrogen-bond donors (Lipinski definition) is 1. The lowest BCUT2D eigenvalue weighted by atomic mass is 10.0. The van der Waals surface area contributed by atoms with Gasteiger partial charge in [-0.25, -0.2) is 4.79 Å². The quantitative estimate of drug-likeness (QED) is 0.781. The van der Waals surface area contributed by atoms with Gasteiger partial charge in [0.15, 0.2) is 0 Å². The van der Waals surface area contributed by atoms with Crippen molar-refractivity contribution in [3.05, 3.63) is 35.4 Å². The Balaban J connectivity index is 2.11. The number of amides is 1. The van der Waals surface area contributed by atoms with E-state index in [1.54, 1.807) is 4.90 Å². The van der Waals surface area contributed by atoms with E-state index in [0.29, 0.717) is 13.1 Å². The maximum absolute atomic E-state index is 12.1. The standard InChI is InChI=1S/C15H22N2O2/c1-15(2,3)19-14(18)17-9-8-11-6-4-5-7-12(11)13(16)10-17/h4-7,13H,8-10,16H2,1-3H3. The van der Waals surface area contributed by atoms with Gasteiger partial charge in [-0.1, -0.05) is 24.3 Å². The Morgan fingerprint density at radius 1 is 1.37 bits per heavy atom. The number of fused-ring (bicyclic) bond motifs is 1. The van der Waals surface area contributed by atoms with Crippen molar-refractivity contribution in [2.45, 2.75) is 38.8 Å². The Labute approximate surface area is 114 Å². The minimum absolute atomic E-state index is 0.147. The van der Waals surface area contributed by atoms with Crippen molar-refractivity contribution in [1.29, 1.82) is 0 Å². The fourth-order valence-electron chi connectivity index (χ4n) is 2.30. The van der Waals surface area contributed by atoms with Crippen LogP contribution in [0.1, 0.15) is 37.9 Å². The van der Waals surface area contributed by atoms with E-state index in [0.717, 1.165) is 12.0 Å². The molecule has 0 aromatic heterocycles. The molecule has 1 atom stereocenters. The summed E-state index contributed by atoms with van der Waals surface area (Å²) >= 11 is 0. The molecule has 0 saturated heterocycles. The summed E-state index contributed by atoms with van der Waals surface area (Å²) in [5.74, 6) is 0. The van der Waals surface area contributed by atoms with E-state index in [4.69, 9.17) is 10.5 Å². The predicted molar refractivity (Wildman–Crippen MR) is 74.9 cm³/mol. The van der Waals surface area contributed by atoms with Crippen LogP contribution >= 0.6 is 0 Å². The van der Waals surface area contributed by atoms with Crippen molar-refractivity contribution in [3.63, 3.8) is 0 Å². The lowest BCUT2D eigenvalue weighted by Crippen LogP contribution is -2.40. The van der Waals surface area contributed by atoms with Crippen molar-refractivity contribution in [1.82, 2.24) is 4.90 Å². The molecule has 0 saturated carbocycles. The Hall–Kier alpha value is -1.55. The third-order valence-electron chi connectivity index (χ3n) is 3.17. The minimum Gasteiger partial charge on any atom is -0.444 e. The summed E-state index contributed by atoms with van der Waals surface area (Å²) in [6.45, 7) is 6.78. The molecule has 0 radical (unpaired) electrons. The molecule has 19 heavy (non-hydrogen) atoms. The first-order valence-electron chi connectivity index (χ1n) is 6.68. The fraction of sp³-hybridized carbons (Fsp3) is 0.533. The average molecular weight is 262 g/mol. The van der Waals surface area contributed by atoms with Crippen molar-refractivity contribution in [2.75, 3.05) is 13.1 Å². The molecule has 1 aromatic rings. The average Bonchev–Trinajstić information content (AvgIpc) is 2.48. The third kappa shape index (κ3) is 3.47. The lowest BCUT2D eigenvalue weighted by Gasteiger charge is -2.27. The molecule has 0 aliphatic carbocycles. The number of benzene rings is 1. The summed E-state index contributed by atoms with van der Waals surface area (Å²) in [4.78, 5) is 13.8. The first-order chi connectivity index (χ1) is 8.87. The smallest absolute Gasteiger partial charge is 0.410 e. The first kappa shape index (κ1) is 13.9. The number of carbonyl (C=O) groups is 1. The van der Waals surface area contributed by atoms with Gasteiger partial charge in [-0.2, -0.15) is 0 Å². The van der Waals surface area contributed by atoms with Crippen LogP contribution in [0.5, 0.6) is 0 Å². The first-order valence-corrected chi connectivity index (χ1v) is 6.68. The minimum atomic E-state index is -0.472. The Bertz CT molecular complexity index is 465. The largest absolute Gasteiger partial charge is 0.444 e. The molecule has 4 heteroatoms. The molecule has 1 heterocycles. The van der Waals surface area contributed by atoms with Gasteiger partial charge >= 0.3 is 6.09 Å². The number of hydrogen-bond acceptors (Lipinski definition) is 3. The van der Waals surface area contributed by atoms with Crippen LogP contribution in [0.4, 0.5) is 4.79 Å². The van der Waals surface area contributed by atoms with Crippen LogP contribution in [0.15, 0.2) is 24.3 Å². The molecule has 4 nitrogen and oxygen atoms in total. The SMILES string of the molecule is CC(C)(C)OC(=O)N1CCc2ccccc2C(N)C1. The van der Waals surface area contributed by atoms with Crippen LogP contribution in [0.3, 0.4) is 0 Å². The molecular weight excluding hydrogens is 240 g/mol. The van der Waals surface area contributed by atoms with Crippen LogP contribution < -0.4 is 5.73 Å². The van der Waals surface area contributed by atoms with Gasteiger partial charge in [0.1, 0.15) is 5.60 Å². The van der Waals surface area contributed by atoms with Gasteiger partial charge in [-0.05, 0) is 38.3 Å². The molecule has 1 aliphatic rings. The zero-order valence-electron chi connectivity index (χ0n) is 11.8. The van der Waals surface area contributed by atoms with E-state index >= 15 is 0 Å². The molecule has 0 bridgehead atoms. The highest BCUT2D eigenvalue weighted by Gasteiger charge is 2.26. The van der Waals surface area contributed by atoms with Gasteiger partial charge in [0.2, 0.25) is 0 Å². The zero-order valence-corrected chi connectivity index (χ0v) is 11.8. The molecule has 2 N–H and O–H groups in total. The highest BCUT2D eigenvalue weighted by atomic mass is 16.6. The van der Waals surface area contributed by atoms with Gasteiger partial charge in [-0.15, -0.1) is 0 Å². The normalized spacial score (nSPS) is 19.6. The van der Waals surface area contributed by atoms with E-state index in [-0.39, 0.29) is 12.1 Å². The van der Waals surface area contributed by atoms with E-state index in [9.17, 15) is 4.79 Å². The van der Waals surface area contributed by atoms with Crippen LogP contribution in [-0.4, -0.2) is 29.7 Å². The molecule has 1 unspecified atom stereocenters. The van der Waals surface area contributed by atoms with E-state index in [1.807, 2.05) is 39.0 Å². The fourth-order valence-corrected chi connectivity index (χ4v) is 2.30. The lowest BCUT2D eigenvalue weighted by molar-refractivity contribution is 0.0246. The Kier molecular flexibility index (Phi) is 3.80.